The number of alkyl halides is 2. The van der Waals surface area contributed by atoms with Crippen molar-refractivity contribution in [3.05, 3.63) is 267 Å². The molecule has 10 aromatic rings. The minimum Gasteiger partial charge on any atom is -1.00 e. The van der Waals surface area contributed by atoms with E-state index in [2.05, 4.69) is 75.0 Å². The minimum absolute atomic E-state index is 0. The van der Waals surface area contributed by atoms with Gasteiger partial charge in [0.15, 0.2) is 17.1 Å². The molecule has 2 radical (unpaired) electrons. The summed E-state index contributed by atoms with van der Waals surface area (Å²) < 4.78 is 20.9. The molecule has 17 nitrogen and oxygen atoms in total. The SMILES string of the molecule is C.O=C(O)c1ncccc1O.O=C(O)c1ncccc1OCCCCCCO.O=CO[O-].OCCCCCCBr.[2H]CF.[H-].[Ir].[Ir].[K+].[K+].[c-]1ccccc1-c1ccccn1.[c-]1ccccc1-c1ccccn1.[c-]1ccccc1-c1ccccn1.[c-]1ccccc1-c1ccccn1. The van der Waals surface area contributed by atoms with E-state index < -0.39 is 19.1 Å². The van der Waals surface area contributed by atoms with Gasteiger partial charge in [0.1, 0.15) is 5.75 Å². The average Bonchev–Trinajstić information content (AvgIpc) is 1.65. The fourth-order valence-corrected chi connectivity index (χ4v) is 7.23. The molecular weight excluding hydrogens is 1670 g/mol. The second kappa shape index (κ2) is 66.3. The van der Waals surface area contributed by atoms with Crippen LogP contribution in [0.25, 0.3) is 45.0 Å². The van der Waals surface area contributed by atoms with Crippen LogP contribution in [0, 0.1) is 24.3 Å². The number of aromatic hydroxyl groups is 1. The number of hydrogen-bond donors (Lipinski definition) is 5. The van der Waals surface area contributed by atoms with Crippen molar-refractivity contribution < 1.29 is 205 Å². The van der Waals surface area contributed by atoms with Crippen LogP contribution in [-0.2, 0) is 49.9 Å². The number of aromatic carboxylic acids is 2. The Kier molecular flexibility index (Phi) is 65.5. The molecule has 6 aromatic heterocycles. The number of carbonyl (C=O) groups is 3. The van der Waals surface area contributed by atoms with Crippen LogP contribution >= 0.6 is 15.9 Å². The van der Waals surface area contributed by atoms with Gasteiger partial charge in [-0.3, -0.25) is 9.18 Å². The first kappa shape index (κ1) is 92.8. The maximum absolute atomic E-state index is 10.8. The van der Waals surface area contributed by atoms with E-state index in [1.165, 1.54) is 43.8 Å². The van der Waals surface area contributed by atoms with Gasteiger partial charge < -0.3 is 61.8 Å². The molecule has 6 heterocycles. The summed E-state index contributed by atoms with van der Waals surface area (Å²) >= 11 is 3.34. The summed E-state index contributed by atoms with van der Waals surface area (Å²) in [6, 6.07) is 73.3. The third-order valence-electron chi connectivity index (χ3n) is 11.0. The van der Waals surface area contributed by atoms with Crippen molar-refractivity contribution in [3.63, 3.8) is 0 Å². The number of carboxylic acids is 2. The van der Waals surface area contributed by atoms with Crippen molar-refractivity contribution in [2.45, 2.75) is 58.8 Å². The van der Waals surface area contributed by atoms with Crippen LogP contribution in [-0.4, -0.2) is 106 Å². The molecule has 0 saturated heterocycles. The van der Waals surface area contributed by atoms with Crippen molar-refractivity contribution >= 4 is 34.3 Å². The van der Waals surface area contributed by atoms with E-state index in [0.29, 0.717) is 19.0 Å². The molecule has 0 aliphatic carbocycles. The van der Waals surface area contributed by atoms with Crippen molar-refractivity contribution in [1.29, 1.82) is 0 Å². The molecule has 0 unspecified atom stereocenters. The zero-order chi connectivity index (χ0) is 65.3. The zero-order valence-electron chi connectivity index (χ0n) is 53.5. The molecule has 0 aliphatic rings. The summed E-state index contributed by atoms with van der Waals surface area (Å²) in [6.45, 7) is 0.853. The molecule has 0 aliphatic heterocycles. The van der Waals surface area contributed by atoms with Crippen LogP contribution in [0.1, 0.15) is 82.6 Å². The summed E-state index contributed by atoms with van der Waals surface area (Å²) in [5, 5.41) is 52.5. The zero-order valence-corrected chi connectivity index (χ0v) is 64.1. The second-order valence-electron chi connectivity index (χ2n) is 17.3. The number of rotatable bonds is 19. The monoisotopic (exact) mass is 1750 g/mol. The number of carboxylic acid groups (broad SMARTS) is 2. The maximum Gasteiger partial charge on any atom is 1.00 e. The van der Waals surface area contributed by atoms with E-state index >= 15 is 0 Å². The van der Waals surface area contributed by atoms with Crippen LogP contribution in [0.2, 0.25) is 0 Å². The number of ether oxygens (including phenoxy) is 1. The third-order valence-corrected chi connectivity index (χ3v) is 11.5. The number of nitrogens with zero attached hydrogens (tertiary/aromatic N) is 6. The van der Waals surface area contributed by atoms with Crippen molar-refractivity contribution in [2.24, 2.45) is 0 Å². The summed E-state index contributed by atoms with van der Waals surface area (Å²) in [5.41, 5.74) is 7.67. The van der Waals surface area contributed by atoms with Crippen molar-refractivity contribution in [3.8, 4) is 56.5 Å². The van der Waals surface area contributed by atoms with E-state index in [1.54, 1.807) is 36.9 Å². The molecule has 4 aromatic carbocycles. The Balaban J connectivity index is -0.000000329. The Morgan fingerprint density at radius 3 is 1.09 bits per heavy atom. The van der Waals surface area contributed by atoms with Crippen molar-refractivity contribution in [1.82, 2.24) is 29.9 Å². The Labute approximate surface area is 675 Å². The van der Waals surface area contributed by atoms with Gasteiger partial charge in [0, 0.05) is 95.9 Å². The van der Waals surface area contributed by atoms with Crippen LogP contribution in [0.5, 0.6) is 11.5 Å². The first-order chi connectivity index (χ1) is 44.1. The topological polar surface area (TPSA) is 271 Å². The smallest absolute Gasteiger partial charge is 1.00 e. The number of halogens is 2. The first-order valence-corrected chi connectivity index (χ1v) is 28.8. The third kappa shape index (κ3) is 45.2. The summed E-state index contributed by atoms with van der Waals surface area (Å²) in [5.74, 6) is -2.31. The van der Waals surface area contributed by atoms with Gasteiger partial charge in [0.25, 0.3) is 6.47 Å². The van der Waals surface area contributed by atoms with Crippen LogP contribution in [0.15, 0.2) is 231 Å². The Morgan fingerprint density at radius 1 is 0.511 bits per heavy atom. The number of pyridine rings is 6. The molecule has 94 heavy (non-hydrogen) atoms. The second-order valence-corrected chi connectivity index (χ2v) is 18.1. The average molecular weight is 1750 g/mol. The van der Waals surface area contributed by atoms with Gasteiger partial charge in [-0.2, -0.15) is 0 Å². The molecule has 0 fully saturated rings. The summed E-state index contributed by atoms with van der Waals surface area (Å²) in [7, 11) is -1.00. The quantitative estimate of drug-likeness (QED) is 0.00973. The van der Waals surface area contributed by atoms with Crippen LogP contribution in [0.3, 0.4) is 0 Å². The largest absolute Gasteiger partial charge is 1.00 e. The molecule has 494 valence electrons. The first-order valence-electron chi connectivity index (χ1n) is 28.3. The molecule has 23 heteroatoms. The molecular formula is C71H76BrFIr2K2N6O11-4. The number of aliphatic hydroxyl groups is 2. The number of aliphatic hydroxyl groups excluding tert-OH is 2. The van der Waals surface area contributed by atoms with Crippen molar-refractivity contribution in [2.75, 3.05) is 32.3 Å². The van der Waals surface area contributed by atoms with Gasteiger partial charge >= 0.3 is 115 Å². The number of benzene rings is 4. The normalized spacial score (nSPS) is 9.01. The fraction of sp³-hybridized carbons (Fsp3) is 0.197. The number of aromatic nitrogens is 6. The molecule has 5 N–H and O–H groups in total. The number of unbranched alkanes of at least 4 members (excludes halogenated alkanes) is 6. The van der Waals surface area contributed by atoms with Crippen LogP contribution < -0.4 is 113 Å². The van der Waals surface area contributed by atoms with E-state index in [4.69, 9.17) is 41.7 Å². The summed E-state index contributed by atoms with van der Waals surface area (Å²) in [6.07, 6.45) is 18.1. The molecule has 0 amide bonds. The predicted molar refractivity (Wildman–Crippen MR) is 351 cm³/mol. The molecule has 0 bridgehead atoms. The molecule has 0 saturated carbocycles. The molecule has 10 rings (SSSR count). The number of carbonyl (C=O) groups excluding carboxylic acids is 1. The van der Waals surface area contributed by atoms with E-state index in [9.17, 15) is 14.0 Å². The van der Waals surface area contributed by atoms with Gasteiger partial charge in [0.2, 0.25) is 0 Å². The van der Waals surface area contributed by atoms with Crippen LogP contribution in [0.4, 0.5) is 4.39 Å². The Hall–Kier alpha value is -5.35. The van der Waals surface area contributed by atoms with Gasteiger partial charge in [0.05, 0.1) is 15.1 Å². The van der Waals surface area contributed by atoms with E-state index in [1.807, 2.05) is 170 Å². The van der Waals surface area contributed by atoms with E-state index in [-0.39, 0.29) is 182 Å². The van der Waals surface area contributed by atoms with Gasteiger partial charge in [-0.15, -0.1) is 144 Å². The minimum atomic E-state index is -1.22. The van der Waals surface area contributed by atoms with Gasteiger partial charge in [-0.05, 0) is 103 Å². The Morgan fingerprint density at radius 2 is 0.819 bits per heavy atom. The number of hydrogen-bond acceptors (Lipinski definition) is 15. The predicted octanol–water partition coefficient (Wildman–Crippen LogP) is 8.10. The summed E-state index contributed by atoms with van der Waals surface area (Å²) in [4.78, 5) is 56.3. The Bertz CT molecular complexity index is 2900. The van der Waals surface area contributed by atoms with Gasteiger partial charge in [-0.1, -0.05) is 91.1 Å². The molecule has 0 spiro atoms. The van der Waals surface area contributed by atoms with E-state index in [0.717, 1.165) is 82.5 Å². The van der Waals surface area contributed by atoms with Gasteiger partial charge in [-0.25, -0.2) is 19.6 Å². The standard InChI is InChI=1S/C12H17NO4.4C11H8N.C6H13BrO.C6H5NO3.CH3F.CH2O3.CH4.2Ir.2K.H/c14-8-3-1-2-4-9-17-10-6-5-7-13-11(10)12(15)16;4*1-2-6-10(7-3-1)11-8-4-5-9-12-11;7-5-3-1-2-4-6-8;8-4-2-1-3-7-5(4)6(9)10;1-2;2-1-4-3;;;;;;/h5-7,14H,1-4,8-9H2,(H,15,16);4*1-6,8-9H;8H,1-6H2;1-3,8H,(H,9,10);1H3;1,3H;1H4;;;;;/q;4*-1;;;;;;;;2*+1;-1/p-1/i;;;;;;;1D;;;;;;;. The maximum atomic E-state index is 10.8. The molecule has 0 atom stereocenters. The fourth-order valence-electron chi connectivity index (χ4n) is 6.84.